The third kappa shape index (κ3) is 4.38. The van der Waals surface area contributed by atoms with Gasteiger partial charge in [-0.25, -0.2) is 4.99 Å². The van der Waals surface area contributed by atoms with E-state index >= 15 is 0 Å². The van der Waals surface area contributed by atoms with Crippen molar-refractivity contribution < 1.29 is 9.59 Å². The van der Waals surface area contributed by atoms with E-state index in [1.54, 1.807) is 55.6 Å². The summed E-state index contributed by atoms with van der Waals surface area (Å²) in [4.78, 5) is 30.8. The fraction of sp³-hybridized carbons (Fsp3) is 0.167. The van der Waals surface area contributed by atoms with Gasteiger partial charge in [0, 0.05) is 18.5 Å². The van der Waals surface area contributed by atoms with Crippen LogP contribution in [0.25, 0.3) is 0 Å². The molecule has 0 bridgehead atoms. The van der Waals surface area contributed by atoms with Crippen molar-refractivity contribution in [3.63, 3.8) is 0 Å². The number of thioether (sulfide) groups is 1. The molecule has 0 saturated carbocycles. The van der Waals surface area contributed by atoms with Crippen LogP contribution in [0.5, 0.6) is 0 Å². The van der Waals surface area contributed by atoms with Crippen LogP contribution in [-0.2, 0) is 9.59 Å². The first-order valence-corrected chi connectivity index (χ1v) is 9.40. The molecule has 1 heterocycles. The molecular weight excluding hydrogens is 393 g/mol. The zero-order chi connectivity index (χ0) is 18.7. The molecule has 134 valence electrons. The van der Waals surface area contributed by atoms with Crippen LogP contribution in [-0.4, -0.2) is 34.2 Å². The molecule has 0 aromatic heterocycles. The van der Waals surface area contributed by atoms with Crippen molar-refractivity contribution in [2.75, 3.05) is 12.4 Å². The van der Waals surface area contributed by atoms with Gasteiger partial charge in [-0.1, -0.05) is 53.2 Å². The topological polar surface area (TPSA) is 61.8 Å². The molecule has 1 unspecified atom stereocenters. The highest BCUT2D eigenvalue weighted by atomic mass is 35.5. The Morgan fingerprint density at radius 3 is 2.73 bits per heavy atom. The lowest BCUT2D eigenvalue weighted by Crippen LogP contribution is -2.43. The molecule has 0 radical (unpaired) electrons. The fourth-order valence-corrected chi connectivity index (χ4v) is 3.76. The van der Waals surface area contributed by atoms with Crippen molar-refractivity contribution in [3.8, 4) is 0 Å². The fourth-order valence-electron chi connectivity index (χ4n) is 2.33. The lowest BCUT2D eigenvalue weighted by Gasteiger charge is -2.28. The van der Waals surface area contributed by atoms with Crippen molar-refractivity contribution in [2.24, 2.45) is 4.99 Å². The number of amidine groups is 1. The van der Waals surface area contributed by atoms with Crippen LogP contribution in [0.15, 0.2) is 53.5 Å². The average molecular weight is 408 g/mol. The van der Waals surface area contributed by atoms with Crippen LogP contribution in [0.1, 0.15) is 6.42 Å². The van der Waals surface area contributed by atoms with Gasteiger partial charge in [0.2, 0.25) is 11.8 Å². The van der Waals surface area contributed by atoms with E-state index in [4.69, 9.17) is 23.2 Å². The maximum absolute atomic E-state index is 12.6. The number of carbonyl (C=O) groups is 2. The Balaban J connectivity index is 1.80. The van der Waals surface area contributed by atoms with E-state index in [1.807, 2.05) is 0 Å². The molecule has 1 N–H and O–H groups in total. The second kappa shape index (κ2) is 8.12. The van der Waals surface area contributed by atoms with Gasteiger partial charge in [-0.15, -0.1) is 0 Å². The van der Waals surface area contributed by atoms with Crippen LogP contribution < -0.4 is 5.32 Å². The van der Waals surface area contributed by atoms with Crippen molar-refractivity contribution in [2.45, 2.75) is 11.7 Å². The molecule has 5 nitrogen and oxygen atoms in total. The Bertz CT molecular complexity index is 888. The number of anilines is 1. The summed E-state index contributed by atoms with van der Waals surface area (Å²) in [6.45, 7) is 0. The van der Waals surface area contributed by atoms with Crippen LogP contribution in [0, 0.1) is 0 Å². The number of hydrogen-bond acceptors (Lipinski definition) is 4. The van der Waals surface area contributed by atoms with Crippen molar-refractivity contribution in [1.82, 2.24) is 4.90 Å². The molecule has 3 rings (SSSR count). The van der Waals surface area contributed by atoms with E-state index in [2.05, 4.69) is 10.3 Å². The van der Waals surface area contributed by atoms with Crippen molar-refractivity contribution in [1.29, 1.82) is 0 Å². The minimum absolute atomic E-state index is 0.0893. The van der Waals surface area contributed by atoms with E-state index < -0.39 is 5.25 Å². The van der Waals surface area contributed by atoms with Crippen LogP contribution in [0.4, 0.5) is 11.4 Å². The van der Waals surface area contributed by atoms with Crippen LogP contribution in [0.2, 0.25) is 10.0 Å². The summed E-state index contributed by atoms with van der Waals surface area (Å²) < 4.78 is 0. The number of halogens is 2. The number of carbonyl (C=O) groups excluding carboxylic acids is 2. The van der Waals surface area contributed by atoms with Crippen LogP contribution in [0.3, 0.4) is 0 Å². The average Bonchev–Trinajstić information content (AvgIpc) is 2.60. The number of nitrogens with one attached hydrogen (secondary N) is 1. The summed E-state index contributed by atoms with van der Waals surface area (Å²) >= 11 is 13.3. The number of rotatable bonds is 3. The molecule has 2 aromatic carbocycles. The molecule has 1 aliphatic rings. The van der Waals surface area contributed by atoms with Gasteiger partial charge >= 0.3 is 0 Å². The molecule has 0 spiro atoms. The van der Waals surface area contributed by atoms with Crippen LogP contribution >= 0.6 is 35.0 Å². The van der Waals surface area contributed by atoms with E-state index in [9.17, 15) is 9.59 Å². The molecule has 1 fully saturated rings. The Hall–Kier alpha value is -2.02. The second-order valence-corrected chi connectivity index (χ2v) is 7.62. The molecule has 1 aliphatic heterocycles. The normalized spacial score (nSPS) is 18.9. The number of amides is 2. The monoisotopic (exact) mass is 407 g/mol. The molecule has 8 heteroatoms. The summed E-state index contributed by atoms with van der Waals surface area (Å²) in [6, 6.07) is 14.0. The standard InChI is InChI=1S/C18H15Cl2N3O2S/c1-23-16(24)10-15(17(25)22-14-8-3-2-7-13(14)20)26-18(23)21-12-6-4-5-11(19)9-12/h2-9,15H,10H2,1H3,(H,22,25). The number of aliphatic imine (C=N–C) groups is 1. The van der Waals surface area contributed by atoms with Gasteiger partial charge in [0.25, 0.3) is 0 Å². The third-order valence-corrected chi connectivity index (χ3v) is 5.53. The first-order valence-electron chi connectivity index (χ1n) is 7.77. The summed E-state index contributed by atoms with van der Waals surface area (Å²) in [6.07, 6.45) is 0.0893. The molecule has 2 amide bonds. The summed E-state index contributed by atoms with van der Waals surface area (Å²) in [5.74, 6) is -0.466. The molecular formula is C18H15Cl2N3O2S. The minimum Gasteiger partial charge on any atom is -0.324 e. The lowest BCUT2D eigenvalue weighted by atomic mass is 10.2. The molecule has 26 heavy (non-hydrogen) atoms. The second-order valence-electron chi connectivity index (χ2n) is 5.61. The van der Waals surface area contributed by atoms with Gasteiger partial charge in [-0.3, -0.25) is 14.5 Å². The Kier molecular flexibility index (Phi) is 5.86. The number of nitrogens with zero attached hydrogens (tertiary/aromatic N) is 2. The highest BCUT2D eigenvalue weighted by Crippen LogP contribution is 2.30. The minimum atomic E-state index is -0.590. The maximum atomic E-state index is 12.6. The van der Waals surface area contributed by atoms with Crippen molar-refractivity contribution >= 4 is 63.3 Å². The van der Waals surface area contributed by atoms with E-state index in [1.165, 1.54) is 16.7 Å². The number of para-hydroxylation sites is 1. The van der Waals surface area contributed by atoms with Gasteiger partial charge in [0.15, 0.2) is 5.17 Å². The highest BCUT2D eigenvalue weighted by molar-refractivity contribution is 8.15. The lowest BCUT2D eigenvalue weighted by molar-refractivity contribution is -0.128. The molecule has 1 atom stereocenters. The molecule has 1 saturated heterocycles. The van der Waals surface area contributed by atoms with E-state index in [-0.39, 0.29) is 18.2 Å². The largest absolute Gasteiger partial charge is 0.324 e. The first kappa shape index (κ1) is 18.8. The SMILES string of the molecule is CN1C(=O)CC(C(=O)Nc2ccccc2Cl)SC1=Nc1cccc(Cl)c1. The third-order valence-electron chi connectivity index (χ3n) is 3.73. The summed E-state index contributed by atoms with van der Waals surface area (Å²) in [5.41, 5.74) is 1.13. The Labute approximate surface area is 165 Å². The summed E-state index contributed by atoms with van der Waals surface area (Å²) in [7, 11) is 1.64. The van der Waals surface area contributed by atoms with Gasteiger partial charge in [0.1, 0.15) is 5.25 Å². The predicted octanol–water partition coefficient (Wildman–Crippen LogP) is 4.58. The first-order chi connectivity index (χ1) is 12.4. The Morgan fingerprint density at radius 1 is 1.23 bits per heavy atom. The number of benzene rings is 2. The van der Waals surface area contributed by atoms with Crippen molar-refractivity contribution in [3.05, 3.63) is 58.6 Å². The Morgan fingerprint density at radius 2 is 2.00 bits per heavy atom. The smallest absolute Gasteiger partial charge is 0.238 e. The zero-order valence-electron chi connectivity index (χ0n) is 13.8. The van der Waals surface area contributed by atoms with Gasteiger partial charge in [0.05, 0.1) is 16.4 Å². The van der Waals surface area contributed by atoms with Gasteiger partial charge in [-0.05, 0) is 30.3 Å². The molecule has 2 aromatic rings. The maximum Gasteiger partial charge on any atom is 0.238 e. The highest BCUT2D eigenvalue weighted by Gasteiger charge is 2.34. The van der Waals surface area contributed by atoms with Gasteiger partial charge in [-0.2, -0.15) is 0 Å². The zero-order valence-corrected chi connectivity index (χ0v) is 16.1. The molecule has 0 aliphatic carbocycles. The summed E-state index contributed by atoms with van der Waals surface area (Å²) in [5, 5.41) is 3.62. The van der Waals surface area contributed by atoms with E-state index in [0.717, 1.165) is 0 Å². The predicted molar refractivity (Wildman–Crippen MR) is 107 cm³/mol. The quantitative estimate of drug-likeness (QED) is 0.809. The van der Waals surface area contributed by atoms with Gasteiger partial charge < -0.3 is 5.32 Å². The van der Waals surface area contributed by atoms with E-state index in [0.29, 0.717) is 26.6 Å². The number of hydrogen-bond donors (Lipinski definition) is 1.